The van der Waals surface area contributed by atoms with Gasteiger partial charge in [-0.3, -0.25) is 0 Å². The topological polar surface area (TPSA) is 65.0 Å². The first-order chi connectivity index (χ1) is 16.5. The number of methoxy groups -OCH3 is 3. The van der Waals surface area contributed by atoms with E-state index < -0.39 is 13.2 Å². The van der Waals surface area contributed by atoms with Crippen LogP contribution in [0.5, 0.6) is 17.2 Å². The fraction of sp³-hybridized carbons (Fsp3) is 0.107. The van der Waals surface area contributed by atoms with Crippen LogP contribution in [0.3, 0.4) is 0 Å². The molecular weight excluding hydrogens is 447 g/mol. The van der Waals surface area contributed by atoms with Gasteiger partial charge in [-0.25, -0.2) is 4.79 Å². The number of aromatic carboxylic acids is 1. The SMILES string of the molecule is COc1ccc([P+](c2ccc(OC)cc2)(c2ccc(OC)cc2)c2ccccc2C(=O)O)cc1. The maximum Gasteiger partial charge on any atom is 0.339 e. The lowest BCUT2D eigenvalue weighted by atomic mass is 10.2. The Bertz CT molecular complexity index is 1150. The van der Waals surface area contributed by atoms with Crippen molar-refractivity contribution in [2.45, 2.75) is 0 Å². The first-order valence-corrected chi connectivity index (χ1v) is 12.5. The molecule has 0 atom stereocenters. The third-order valence-corrected chi connectivity index (χ3v) is 10.2. The number of hydrogen-bond donors (Lipinski definition) is 1. The van der Waals surface area contributed by atoms with E-state index in [1.165, 1.54) is 0 Å². The van der Waals surface area contributed by atoms with Gasteiger partial charge < -0.3 is 19.3 Å². The summed E-state index contributed by atoms with van der Waals surface area (Å²) in [4.78, 5) is 12.4. The molecule has 0 unspecified atom stereocenters. The Morgan fingerprint density at radius 1 is 0.588 bits per heavy atom. The summed E-state index contributed by atoms with van der Waals surface area (Å²) >= 11 is 0. The Kier molecular flexibility index (Phi) is 6.85. The standard InChI is InChI=1S/C28H25O5P/c1-31-20-8-14-23(15-9-20)34(24-16-10-21(32-2)11-17-24,25-18-12-22(33-3)13-19-25)27-7-5-4-6-26(27)28(29)30/h4-19H,1-3H3/p+1. The van der Waals surface area contributed by atoms with Gasteiger partial charge in [0.15, 0.2) is 0 Å². The summed E-state index contributed by atoms with van der Waals surface area (Å²) in [7, 11) is 2.25. The lowest BCUT2D eigenvalue weighted by Crippen LogP contribution is -2.40. The first-order valence-electron chi connectivity index (χ1n) is 10.7. The van der Waals surface area contributed by atoms with Gasteiger partial charge in [0.1, 0.15) is 51.3 Å². The van der Waals surface area contributed by atoms with Crippen LogP contribution in [0.2, 0.25) is 0 Å². The molecule has 4 aromatic carbocycles. The van der Waals surface area contributed by atoms with Crippen LogP contribution in [-0.4, -0.2) is 32.4 Å². The van der Waals surface area contributed by atoms with Crippen LogP contribution in [-0.2, 0) is 0 Å². The van der Waals surface area contributed by atoms with Crippen molar-refractivity contribution in [1.82, 2.24) is 0 Å². The summed E-state index contributed by atoms with van der Waals surface area (Å²) in [6.07, 6.45) is 0. The lowest BCUT2D eigenvalue weighted by Gasteiger charge is -2.29. The molecule has 0 aliphatic carbocycles. The highest BCUT2D eigenvalue weighted by Gasteiger charge is 2.50. The highest BCUT2D eigenvalue weighted by Crippen LogP contribution is 2.55. The Morgan fingerprint density at radius 2 is 0.941 bits per heavy atom. The van der Waals surface area contributed by atoms with E-state index in [1.807, 2.05) is 84.9 Å². The second-order valence-corrected chi connectivity index (χ2v) is 11.0. The van der Waals surface area contributed by atoms with Crippen LogP contribution in [0.15, 0.2) is 97.1 Å². The summed E-state index contributed by atoms with van der Waals surface area (Å²) < 4.78 is 16.2. The summed E-state index contributed by atoms with van der Waals surface area (Å²) in [6.45, 7) is 0. The number of rotatable bonds is 8. The minimum absolute atomic E-state index is 0.276. The average molecular weight is 473 g/mol. The zero-order chi connectivity index (χ0) is 24.1. The van der Waals surface area contributed by atoms with Crippen molar-refractivity contribution in [3.05, 3.63) is 103 Å². The molecule has 0 heterocycles. The molecule has 0 saturated heterocycles. The van der Waals surface area contributed by atoms with Crippen molar-refractivity contribution >= 4 is 34.4 Å². The van der Waals surface area contributed by atoms with Gasteiger partial charge in [0, 0.05) is 0 Å². The third kappa shape index (κ3) is 4.11. The molecule has 6 heteroatoms. The number of ether oxygens (including phenoxy) is 3. The molecule has 172 valence electrons. The summed E-state index contributed by atoms with van der Waals surface area (Å²) in [5.74, 6) is 1.24. The van der Waals surface area contributed by atoms with Gasteiger partial charge in [-0.05, 0) is 84.9 Å². The van der Waals surface area contributed by atoms with Gasteiger partial charge >= 0.3 is 5.97 Å². The van der Waals surface area contributed by atoms with E-state index in [1.54, 1.807) is 33.5 Å². The Morgan fingerprint density at radius 3 is 1.26 bits per heavy atom. The van der Waals surface area contributed by atoms with Gasteiger partial charge in [-0.1, -0.05) is 12.1 Å². The molecule has 0 aliphatic rings. The van der Waals surface area contributed by atoms with Crippen molar-refractivity contribution in [2.75, 3.05) is 21.3 Å². The maximum absolute atomic E-state index is 12.4. The minimum Gasteiger partial charge on any atom is -0.497 e. The average Bonchev–Trinajstić information content (AvgIpc) is 2.90. The molecule has 0 aromatic heterocycles. The van der Waals surface area contributed by atoms with Gasteiger partial charge in [-0.2, -0.15) is 0 Å². The molecular formula is C28H26O5P+. The monoisotopic (exact) mass is 473 g/mol. The van der Waals surface area contributed by atoms with Crippen molar-refractivity contribution in [3.8, 4) is 17.2 Å². The number of benzene rings is 4. The normalized spacial score (nSPS) is 11.0. The van der Waals surface area contributed by atoms with Crippen LogP contribution in [0, 0.1) is 0 Å². The Balaban J connectivity index is 2.14. The predicted molar refractivity (Wildman–Crippen MR) is 138 cm³/mol. The lowest BCUT2D eigenvalue weighted by molar-refractivity contribution is 0.0698. The van der Waals surface area contributed by atoms with Crippen LogP contribution >= 0.6 is 7.26 Å². The van der Waals surface area contributed by atoms with E-state index in [4.69, 9.17) is 14.2 Å². The molecule has 4 aromatic rings. The second-order valence-electron chi connectivity index (χ2n) is 7.59. The van der Waals surface area contributed by atoms with E-state index in [9.17, 15) is 9.90 Å². The molecule has 34 heavy (non-hydrogen) atoms. The zero-order valence-corrected chi connectivity index (χ0v) is 20.2. The van der Waals surface area contributed by atoms with Crippen molar-refractivity contribution in [1.29, 1.82) is 0 Å². The molecule has 0 aliphatic heterocycles. The minimum atomic E-state index is -2.64. The first kappa shape index (κ1) is 23.3. The third-order valence-electron chi connectivity index (χ3n) is 5.87. The van der Waals surface area contributed by atoms with Gasteiger partial charge in [0.2, 0.25) is 0 Å². The number of hydrogen-bond acceptors (Lipinski definition) is 4. The molecule has 5 nitrogen and oxygen atoms in total. The smallest absolute Gasteiger partial charge is 0.339 e. The predicted octanol–water partition coefficient (Wildman–Crippen LogP) is 4.03. The van der Waals surface area contributed by atoms with E-state index in [0.717, 1.165) is 38.5 Å². The Hall–Kier alpha value is -3.82. The molecule has 0 amide bonds. The highest BCUT2D eigenvalue weighted by molar-refractivity contribution is 8.01. The van der Waals surface area contributed by atoms with Crippen LogP contribution < -0.4 is 35.4 Å². The van der Waals surface area contributed by atoms with Crippen LogP contribution in [0.4, 0.5) is 0 Å². The van der Waals surface area contributed by atoms with E-state index in [-0.39, 0.29) is 5.56 Å². The van der Waals surface area contributed by atoms with E-state index in [0.29, 0.717) is 0 Å². The van der Waals surface area contributed by atoms with Crippen molar-refractivity contribution in [2.24, 2.45) is 0 Å². The highest BCUT2D eigenvalue weighted by atomic mass is 31.2. The quantitative estimate of drug-likeness (QED) is 0.392. The zero-order valence-electron chi connectivity index (χ0n) is 19.3. The largest absolute Gasteiger partial charge is 0.497 e. The van der Waals surface area contributed by atoms with E-state index in [2.05, 4.69) is 0 Å². The Labute approximate surface area is 199 Å². The van der Waals surface area contributed by atoms with Crippen LogP contribution in [0.1, 0.15) is 10.4 Å². The number of carboxylic acids is 1. The fourth-order valence-corrected chi connectivity index (χ4v) is 8.59. The molecule has 0 saturated carbocycles. The van der Waals surface area contributed by atoms with Gasteiger partial charge in [-0.15, -0.1) is 0 Å². The molecule has 4 rings (SSSR count). The van der Waals surface area contributed by atoms with Crippen molar-refractivity contribution < 1.29 is 24.1 Å². The van der Waals surface area contributed by atoms with Crippen molar-refractivity contribution in [3.63, 3.8) is 0 Å². The van der Waals surface area contributed by atoms with Gasteiger partial charge in [0.05, 0.1) is 21.3 Å². The van der Waals surface area contributed by atoms with E-state index >= 15 is 0 Å². The molecule has 1 N–H and O–H groups in total. The maximum atomic E-state index is 12.4. The van der Waals surface area contributed by atoms with Gasteiger partial charge in [0.25, 0.3) is 0 Å². The molecule has 0 radical (unpaired) electrons. The molecule has 0 bridgehead atoms. The van der Waals surface area contributed by atoms with Crippen LogP contribution in [0.25, 0.3) is 0 Å². The molecule has 0 spiro atoms. The summed E-state index contributed by atoms with van der Waals surface area (Å²) in [5.41, 5.74) is 0.276. The number of carbonyl (C=O) groups is 1. The summed E-state index contributed by atoms with van der Waals surface area (Å²) in [5, 5.41) is 14.0. The fourth-order valence-electron chi connectivity index (χ4n) is 4.23. The summed E-state index contributed by atoms with van der Waals surface area (Å²) in [6, 6.07) is 30.9. The number of carboxylic acid groups (broad SMARTS) is 1. The second kappa shape index (κ2) is 9.98. The molecule has 0 fully saturated rings.